The summed E-state index contributed by atoms with van der Waals surface area (Å²) in [5, 5.41) is 5.75. The maximum Gasteiger partial charge on any atom is 0.0534 e. The first kappa shape index (κ1) is 13.1. The molecule has 0 aliphatic carbocycles. The van der Waals surface area contributed by atoms with E-state index in [1.54, 1.807) is 0 Å². The zero-order chi connectivity index (χ0) is 11.7. The lowest BCUT2D eigenvalue weighted by atomic mass is 9.90. The minimum atomic E-state index is 0. The molecule has 2 aromatic rings. The normalized spacial score (nSPS) is 16.4. The monoisotopic (exact) mass is 263 g/mol. The van der Waals surface area contributed by atoms with Crippen molar-refractivity contribution in [3.8, 4) is 0 Å². The van der Waals surface area contributed by atoms with E-state index >= 15 is 0 Å². The zero-order valence-corrected chi connectivity index (χ0v) is 11.0. The Morgan fingerprint density at radius 3 is 2.72 bits per heavy atom. The summed E-state index contributed by atoms with van der Waals surface area (Å²) in [6.45, 7) is 2.16. The molecule has 1 aromatic heterocycles. The maximum absolute atomic E-state index is 6.11. The van der Waals surface area contributed by atoms with Crippen LogP contribution in [0, 0.1) is 0 Å². The molecule has 18 heavy (non-hydrogen) atoms. The van der Waals surface area contributed by atoms with Crippen LogP contribution in [0.3, 0.4) is 0 Å². The summed E-state index contributed by atoms with van der Waals surface area (Å²) in [6, 6.07) is 8.12. The van der Waals surface area contributed by atoms with Crippen molar-refractivity contribution in [1.29, 1.82) is 0 Å². The average Bonchev–Trinajstić information content (AvgIpc) is 2.39. The Kier molecular flexibility index (Phi) is 4.04. The first-order valence-corrected chi connectivity index (χ1v) is 6.20. The number of halogens is 1. The van der Waals surface area contributed by atoms with Crippen molar-refractivity contribution < 1.29 is 0 Å². The molecule has 0 unspecified atom stereocenters. The number of anilines is 1. The first-order chi connectivity index (χ1) is 8.36. The lowest BCUT2D eigenvalue weighted by Gasteiger charge is -2.23. The molecule has 0 radical (unpaired) electrons. The molecule has 1 aliphatic heterocycles. The van der Waals surface area contributed by atoms with Crippen LogP contribution < -0.4 is 11.1 Å². The van der Waals surface area contributed by atoms with Crippen LogP contribution in [-0.2, 0) is 0 Å². The van der Waals surface area contributed by atoms with Crippen LogP contribution in [0.15, 0.2) is 30.5 Å². The van der Waals surface area contributed by atoms with Crippen molar-refractivity contribution in [1.82, 2.24) is 10.3 Å². The predicted molar refractivity (Wildman–Crippen MR) is 78.2 cm³/mol. The molecule has 0 bridgehead atoms. The second-order valence-corrected chi connectivity index (χ2v) is 4.67. The van der Waals surface area contributed by atoms with Gasteiger partial charge in [0.25, 0.3) is 0 Å². The van der Waals surface area contributed by atoms with E-state index in [1.165, 1.54) is 11.1 Å². The van der Waals surface area contributed by atoms with E-state index < -0.39 is 0 Å². The number of aromatic nitrogens is 1. The van der Waals surface area contributed by atoms with Gasteiger partial charge < -0.3 is 11.1 Å². The van der Waals surface area contributed by atoms with Crippen molar-refractivity contribution in [2.45, 2.75) is 18.8 Å². The molecule has 1 fully saturated rings. The first-order valence-electron chi connectivity index (χ1n) is 6.20. The maximum atomic E-state index is 6.11. The Labute approximate surface area is 113 Å². The van der Waals surface area contributed by atoms with Crippen LogP contribution >= 0.6 is 12.4 Å². The molecule has 1 aromatic carbocycles. The van der Waals surface area contributed by atoms with Gasteiger partial charge in [0, 0.05) is 23.2 Å². The van der Waals surface area contributed by atoms with Crippen molar-refractivity contribution >= 4 is 28.9 Å². The van der Waals surface area contributed by atoms with E-state index in [0.717, 1.165) is 37.0 Å². The standard InChI is InChI=1S/C14H17N3.ClH/c15-12-3-1-2-10-6-9-17-14(13(10)12)11-4-7-16-8-5-11;/h1-3,6,9,11,16H,4-5,7-8,15H2;1H. The van der Waals surface area contributed by atoms with Crippen LogP contribution in [0.2, 0.25) is 0 Å². The third-order valence-corrected chi connectivity index (χ3v) is 3.58. The van der Waals surface area contributed by atoms with E-state index in [9.17, 15) is 0 Å². The highest BCUT2D eigenvalue weighted by molar-refractivity contribution is 5.94. The molecule has 0 spiro atoms. The minimum Gasteiger partial charge on any atom is -0.398 e. The van der Waals surface area contributed by atoms with Crippen LogP contribution in [0.5, 0.6) is 0 Å². The van der Waals surface area contributed by atoms with Gasteiger partial charge >= 0.3 is 0 Å². The summed E-state index contributed by atoms with van der Waals surface area (Å²) in [7, 11) is 0. The van der Waals surface area contributed by atoms with Gasteiger partial charge in [0.15, 0.2) is 0 Å². The molecule has 0 atom stereocenters. The molecule has 96 valence electrons. The average molecular weight is 264 g/mol. The minimum absolute atomic E-state index is 0. The number of pyridine rings is 1. The molecule has 1 saturated heterocycles. The van der Waals surface area contributed by atoms with Gasteiger partial charge in [-0.15, -0.1) is 12.4 Å². The lowest BCUT2D eigenvalue weighted by Crippen LogP contribution is -2.27. The van der Waals surface area contributed by atoms with Crippen LogP contribution in [-0.4, -0.2) is 18.1 Å². The van der Waals surface area contributed by atoms with Gasteiger partial charge in [-0.2, -0.15) is 0 Å². The molecule has 0 amide bonds. The summed E-state index contributed by atoms with van der Waals surface area (Å²) < 4.78 is 0. The van der Waals surface area contributed by atoms with E-state index in [-0.39, 0.29) is 12.4 Å². The number of nitrogen functional groups attached to an aromatic ring is 1. The number of nitrogens with two attached hydrogens (primary N) is 1. The highest BCUT2D eigenvalue weighted by Gasteiger charge is 2.19. The summed E-state index contributed by atoms with van der Waals surface area (Å²) >= 11 is 0. The SMILES string of the molecule is Cl.Nc1cccc2ccnc(C3CCNCC3)c12. The smallest absolute Gasteiger partial charge is 0.0534 e. The van der Waals surface area contributed by atoms with Gasteiger partial charge in [-0.1, -0.05) is 12.1 Å². The van der Waals surface area contributed by atoms with Crippen molar-refractivity contribution in [3.63, 3.8) is 0 Å². The summed E-state index contributed by atoms with van der Waals surface area (Å²) in [5.74, 6) is 0.546. The molecule has 3 rings (SSSR count). The highest BCUT2D eigenvalue weighted by Crippen LogP contribution is 2.32. The third-order valence-electron chi connectivity index (χ3n) is 3.58. The Bertz CT molecular complexity index is 530. The van der Waals surface area contributed by atoms with E-state index in [2.05, 4.69) is 16.4 Å². The molecule has 0 saturated carbocycles. The number of benzene rings is 1. The molecular weight excluding hydrogens is 246 g/mol. The fourth-order valence-electron chi connectivity index (χ4n) is 2.69. The molecule has 4 heteroatoms. The van der Waals surface area contributed by atoms with Gasteiger partial charge in [0.05, 0.1) is 5.69 Å². The van der Waals surface area contributed by atoms with Crippen LogP contribution in [0.4, 0.5) is 5.69 Å². The number of piperidine rings is 1. The van der Waals surface area contributed by atoms with Gasteiger partial charge in [0.1, 0.15) is 0 Å². The fraction of sp³-hybridized carbons (Fsp3) is 0.357. The number of rotatable bonds is 1. The number of nitrogens with zero attached hydrogens (tertiary/aromatic N) is 1. The van der Waals surface area contributed by atoms with E-state index in [1.807, 2.05) is 24.4 Å². The summed E-state index contributed by atoms with van der Waals surface area (Å²) in [5.41, 5.74) is 8.14. The van der Waals surface area contributed by atoms with Crippen molar-refractivity contribution in [3.05, 3.63) is 36.2 Å². The largest absolute Gasteiger partial charge is 0.398 e. The molecule has 2 heterocycles. The van der Waals surface area contributed by atoms with Crippen LogP contribution in [0.25, 0.3) is 10.8 Å². The van der Waals surface area contributed by atoms with Gasteiger partial charge in [0.2, 0.25) is 0 Å². The summed E-state index contributed by atoms with van der Waals surface area (Å²) in [4.78, 5) is 4.58. The van der Waals surface area contributed by atoms with Gasteiger partial charge in [-0.3, -0.25) is 4.98 Å². The Hall–Kier alpha value is -1.32. The second-order valence-electron chi connectivity index (χ2n) is 4.67. The van der Waals surface area contributed by atoms with E-state index in [0.29, 0.717) is 5.92 Å². The second kappa shape index (κ2) is 5.55. The number of hydrogen-bond donors (Lipinski definition) is 2. The molecule has 3 nitrogen and oxygen atoms in total. The van der Waals surface area contributed by atoms with Crippen molar-refractivity contribution in [2.24, 2.45) is 0 Å². The fourth-order valence-corrected chi connectivity index (χ4v) is 2.69. The highest BCUT2D eigenvalue weighted by atomic mass is 35.5. The van der Waals surface area contributed by atoms with Gasteiger partial charge in [-0.05, 0) is 43.5 Å². The molecular formula is C14H18ClN3. The zero-order valence-electron chi connectivity index (χ0n) is 10.2. The Morgan fingerprint density at radius 1 is 1.17 bits per heavy atom. The third kappa shape index (κ3) is 2.28. The van der Waals surface area contributed by atoms with E-state index in [4.69, 9.17) is 5.73 Å². The molecule has 3 N–H and O–H groups in total. The van der Waals surface area contributed by atoms with Crippen LogP contribution in [0.1, 0.15) is 24.5 Å². The topological polar surface area (TPSA) is 50.9 Å². The Balaban J connectivity index is 0.00000120. The van der Waals surface area contributed by atoms with Crippen molar-refractivity contribution in [2.75, 3.05) is 18.8 Å². The number of fused-ring (bicyclic) bond motifs is 1. The molecule has 1 aliphatic rings. The number of nitrogens with one attached hydrogen (secondary N) is 1. The lowest BCUT2D eigenvalue weighted by molar-refractivity contribution is 0.456. The quantitative estimate of drug-likeness (QED) is 0.778. The summed E-state index contributed by atoms with van der Waals surface area (Å²) in [6.07, 6.45) is 4.21. The Morgan fingerprint density at radius 2 is 1.94 bits per heavy atom. The number of hydrogen-bond acceptors (Lipinski definition) is 3. The van der Waals surface area contributed by atoms with Gasteiger partial charge in [-0.25, -0.2) is 0 Å². The predicted octanol–water partition coefficient (Wildman–Crippen LogP) is 2.71.